The highest BCUT2D eigenvalue weighted by Gasteiger charge is 2.22. The average Bonchev–Trinajstić information content (AvgIpc) is 3.78. The minimum absolute atomic E-state index is 0.0352. The van der Waals surface area contributed by atoms with Crippen molar-refractivity contribution in [3.8, 4) is 5.69 Å². The van der Waals surface area contributed by atoms with Gasteiger partial charge >= 0.3 is 0 Å². The van der Waals surface area contributed by atoms with Crippen molar-refractivity contribution in [3.63, 3.8) is 0 Å². The maximum atomic E-state index is 6.05. The van der Waals surface area contributed by atoms with E-state index in [0.717, 1.165) is 50.2 Å². The van der Waals surface area contributed by atoms with Crippen LogP contribution in [-0.2, 0) is 0 Å². The first-order valence-electron chi connectivity index (χ1n) is 16.7. The summed E-state index contributed by atoms with van der Waals surface area (Å²) in [5.74, 6) is 6.01. The number of nitrogen functional groups attached to an aromatic ring is 1. The molecule has 1 unspecified atom stereocenters. The van der Waals surface area contributed by atoms with Gasteiger partial charge in [0.1, 0.15) is 0 Å². The first kappa shape index (κ1) is 33.4. The quantitative estimate of drug-likeness (QED) is 0.0668. The molecule has 242 valence electrons. The highest BCUT2D eigenvalue weighted by atomic mass is 32.2. The first-order chi connectivity index (χ1) is 24.2. The smallest absolute Gasteiger partial charge is 0.0547 e. The Labute approximate surface area is 294 Å². The van der Waals surface area contributed by atoms with Crippen molar-refractivity contribution in [2.45, 2.75) is 19.8 Å². The van der Waals surface area contributed by atoms with Crippen molar-refractivity contribution in [1.29, 1.82) is 0 Å². The molecular weight excluding hydrogens is 615 g/mol. The molecule has 0 spiro atoms. The number of allylic oxidation sites excluding steroid dienone is 2. The fraction of sp³-hybridized carbons (Fsp3) is 0.0889. The normalized spacial score (nSPS) is 12.7. The van der Waals surface area contributed by atoms with Gasteiger partial charge in [-0.3, -0.25) is 5.84 Å². The van der Waals surface area contributed by atoms with Crippen LogP contribution in [0.5, 0.6) is 0 Å². The van der Waals surface area contributed by atoms with Gasteiger partial charge in [0, 0.05) is 33.0 Å². The van der Waals surface area contributed by atoms with E-state index in [4.69, 9.17) is 5.84 Å². The van der Waals surface area contributed by atoms with Crippen molar-refractivity contribution >= 4 is 52.2 Å². The Morgan fingerprint density at radius 3 is 2.22 bits per heavy atom. The number of anilines is 1. The van der Waals surface area contributed by atoms with E-state index in [1.54, 1.807) is 11.8 Å². The second kappa shape index (κ2) is 15.6. The van der Waals surface area contributed by atoms with Crippen LogP contribution in [0, 0.1) is 0 Å². The van der Waals surface area contributed by atoms with Gasteiger partial charge in [0.15, 0.2) is 0 Å². The lowest BCUT2D eigenvalue weighted by Gasteiger charge is -2.23. The monoisotopic (exact) mass is 655 g/mol. The molecule has 1 aliphatic rings. The van der Waals surface area contributed by atoms with Crippen LogP contribution in [0.2, 0.25) is 0 Å². The largest absolute Gasteiger partial charge is 0.324 e. The second-order valence-corrected chi connectivity index (χ2v) is 12.3. The number of thioether (sulfide) groups is 1. The summed E-state index contributed by atoms with van der Waals surface area (Å²) in [6.45, 7) is 8.27. The number of hydrogen-bond acceptors (Lipinski definition) is 3. The second-order valence-electron chi connectivity index (χ2n) is 11.4. The lowest BCUT2D eigenvalue weighted by Crippen LogP contribution is -2.13. The lowest BCUT2D eigenvalue weighted by atomic mass is 9.84. The number of fused-ring (bicyclic) bond motifs is 1. The van der Waals surface area contributed by atoms with E-state index < -0.39 is 0 Å². The third-order valence-electron chi connectivity index (χ3n) is 8.74. The standard InChI is InChI=1S/C43H35N3S.C2H6/c1-3-35-37-26-25-32(36-21-13-23-42(36)47-2)29-41(37)46(40(35)27-24-30-14-6-4-7-15-30)34-19-12-18-33(28-34)43(31-16-8-5-9-17-31)38-20-10-11-22-39(38)45-44;1-2/h3-12,14-29,43,45H,1,44H2,2H3;1-2H3. The van der Waals surface area contributed by atoms with Gasteiger partial charge in [-0.15, -0.1) is 17.5 Å². The van der Waals surface area contributed by atoms with E-state index in [-0.39, 0.29) is 5.92 Å². The fourth-order valence-corrected chi connectivity index (χ4v) is 7.14. The molecule has 0 saturated heterocycles. The lowest BCUT2D eigenvalue weighted by molar-refractivity contribution is 0.967. The molecule has 1 aliphatic carbocycles. The Hall–Kier alpha value is -5.51. The van der Waals surface area contributed by atoms with Crippen LogP contribution in [0.25, 0.3) is 40.4 Å². The van der Waals surface area contributed by atoms with Gasteiger partial charge in [-0.1, -0.05) is 136 Å². The zero-order valence-corrected chi connectivity index (χ0v) is 29.0. The zero-order chi connectivity index (χ0) is 34.2. The van der Waals surface area contributed by atoms with E-state index in [1.165, 1.54) is 21.6 Å². The third kappa shape index (κ3) is 6.76. The average molecular weight is 656 g/mol. The Morgan fingerprint density at radius 2 is 1.49 bits per heavy atom. The Morgan fingerprint density at radius 1 is 0.776 bits per heavy atom. The summed E-state index contributed by atoms with van der Waals surface area (Å²) in [6, 6.07) is 44.9. The maximum Gasteiger partial charge on any atom is 0.0547 e. The van der Waals surface area contributed by atoms with Gasteiger partial charge in [-0.2, -0.15) is 0 Å². The van der Waals surface area contributed by atoms with Crippen LogP contribution in [0.3, 0.4) is 0 Å². The van der Waals surface area contributed by atoms with Crippen molar-refractivity contribution in [2.75, 3.05) is 11.7 Å². The van der Waals surface area contributed by atoms with Gasteiger partial charge in [-0.25, -0.2) is 0 Å². The maximum absolute atomic E-state index is 6.05. The van der Waals surface area contributed by atoms with E-state index in [0.29, 0.717) is 0 Å². The summed E-state index contributed by atoms with van der Waals surface area (Å²) in [5.41, 5.74) is 18.5. The van der Waals surface area contributed by atoms with Gasteiger partial charge in [0.25, 0.3) is 0 Å². The summed E-state index contributed by atoms with van der Waals surface area (Å²) in [5, 5.41) is 1.15. The van der Waals surface area contributed by atoms with Crippen LogP contribution in [0.4, 0.5) is 5.69 Å². The number of hydrogen-bond donors (Lipinski definition) is 2. The van der Waals surface area contributed by atoms with Gasteiger partial charge in [-0.05, 0) is 76.6 Å². The SMILES string of the molecule is C=Cc1c(C=Cc2ccccc2)n(-c2cccc(C(c3ccccc3)c3ccccc3NN)c2)c2cc(C3=C(SC)C=C=C3)ccc12.CC. The summed E-state index contributed by atoms with van der Waals surface area (Å²) < 4.78 is 2.37. The summed E-state index contributed by atoms with van der Waals surface area (Å²) in [6.07, 6.45) is 12.6. The molecule has 1 aromatic heterocycles. The number of para-hydroxylation sites is 1. The number of aromatic nitrogens is 1. The molecule has 0 saturated carbocycles. The first-order valence-corrected chi connectivity index (χ1v) is 17.9. The van der Waals surface area contributed by atoms with Crippen LogP contribution in [0.1, 0.15) is 58.8 Å². The predicted molar refractivity (Wildman–Crippen MR) is 215 cm³/mol. The number of rotatable bonds is 10. The van der Waals surface area contributed by atoms with Gasteiger partial charge in [0.2, 0.25) is 0 Å². The molecular formula is C45H41N3S. The molecule has 0 amide bonds. The minimum Gasteiger partial charge on any atom is -0.324 e. The molecule has 0 radical (unpaired) electrons. The summed E-state index contributed by atoms with van der Waals surface area (Å²) in [7, 11) is 0. The number of nitrogens with two attached hydrogens (primary N) is 1. The Balaban J connectivity index is 0.00000205. The zero-order valence-electron chi connectivity index (χ0n) is 28.2. The van der Waals surface area contributed by atoms with Crippen molar-refractivity contribution in [3.05, 3.63) is 196 Å². The molecule has 49 heavy (non-hydrogen) atoms. The molecule has 3 N–H and O–H groups in total. The highest BCUT2D eigenvalue weighted by Crippen LogP contribution is 2.40. The third-order valence-corrected chi connectivity index (χ3v) is 9.52. The van der Waals surface area contributed by atoms with Gasteiger partial charge < -0.3 is 9.99 Å². The summed E-state index contributed by atoms with van der Waals surface area (Å²) in [4.78, 5) is 1.22. The molecule has 6 aromatic rings. The number of hydrazine groups is 1. The van der Waals surface area contributed by atoms with E-state index in [1.807, 2.05) is 38.1 Å². The number of benzene rings is 5. The van der Waals surface area contributed by atoms with Crippen molar-refractivity contribution in [1.82, 2.24) is 4.57 Å². The number of nitrogens with zero attached hydrogens (tertiary/aromatic N) is 1. The van der Waals surface area contributed by atoms with Crippen LogP contribution >= 0.6 is 11.8 Å². The van der Waals surface area contributed by atoms with Gasteiger partial charge in [0.05, 0.1) is 16.9 Å². The van der Waals surface area contributed by atoms with Crippen molar-refractivity contribution in [2.24, 2.45) is 5.84 Å². The molecule has 1 heterocycles. The highest BCUT2D eigenvalue weighted by molar-refractivity contribution is 8.02. The van der Waals surface area contributed by atoms with Crippen molar-refractivity contribution < 1.29 is 0 Å². The summed E-state index contributed by atoms with van der Waals surface area (Å²) >= 11 is 1.75. The molecule has 0 bridgehead atoms. The molecule has 5 aromatic carbocycles. The van der Waals surface area contributed by atoms with Crippen LogP contribution < -0.4 is 11.3 Å². The minimum atomic E-state index is -0.0352. The van der Waals surface area contributed by atoms with E-state index in [9.17, 15) is 0 Å². The molecule has 0 aliphatic heterocycles. The molecule has 0 fully saturated rings. The van der Waals surface area contributed by atoms with E-state index >= 15 is 0 Å². The Kier molecular flexibility index (Phi) is 10.6. The topological polar surface area (TPSA) is 43.0 Å². The van der Waals surface area contributed by atoms with E-state index in [2.05, 4.69) is 162 Å². The number of nitrogens with one attached hydrogen (secondary N) is 1. The molecule has 7 rings (SSSR count). The van der Waals surface area contributed by atoms with Crippen LogP contribution in [-0.4, -0.2) is 10.8 Å². The molecule has 4 heteroatoms. The molecule has 1 atom stereocenters. The Bertz CT molecular complexity index is 2210. The van der Waals surface area contributed by atoms with Crippen LogP contribution in [0.15, 0.2) is 157 Å². The molecule has 3 nitrogen and oxygen atoms in total. The fourth-order valence-electron chi connectivity index (χ4n) is 6.56. The predicted octanol–water partition coefficient (Wildman–Crippen LogP) is 11.7.